The summed E-state index contributed by atoms with van der Waals surface area (Å²) in [4.78, 5) is 25.2. The lowest BCUT2D eigenvalue weighted by Gasteiger charge is -2.43. The number of alkyl halides is 2. The molecule has 294 valence electrons. The number of sulfone groups is 2. The number of morpholine rings is 2. The van der Waals surface area contributed by atoms with E-state index in [-0.39, 0.29) is 28.4 Å². The highest BCUT2D eigenvalue weighted by Crippen LogP contribution is 2.48. The van der Waals surface area contributed by atoms with E-state index in [1.165, 1.54) is 17.1 Å². The minimum Gasteiger partial charge on any atom is -0.486 e. The van der Waals surface area contributed by atoms with Gasteiger partial charge in [0.2, 0.25) is 10.6 Å². The number of nitrogens with zero attached hydrogens (tertiary/aromatic N) is 7. The fourth-order valence-corrected chi connectivity index (χ4v) is 8.91. The van der Waals surface area contributed by atoms with E-state index < -0.39 is 24.4 Å². The summed E-state index contributed by atoms with van der Waals surface area (Å²) in [5.74, 6) is 1.80. The van der Waals surface area contributed by atoms with E-state index in [0.717, 1.165) is 6.26 Å². The Kier molecular flexibility index (Phi) is 16.3. The van der Waals surface area contributed by atoms with E-state index in [1.807, 2.05) is 16.9 Å². The van der Waals surface area contributed by atoms with Crippen LogP contribution in [0.1, 0.15) is 37.6 Å². The Morgan fingerprint density at radius 1 is 0.788 bits per heavy atom. The van der Waals surface area contributed by atoms with Crippen molar-refractivity contribution >= 4 is 99.7 Å². The van der Waals surface area contributed by atoms with Gasteiger partial charge in [-0.2, -0.15) is 9.97 Å². The van der Waals surface area contributed by atoms with Gasteiger partial charge in [0.1, 0.15) is 29.3 Å². The first-order chi connectivity index (χ1) is 24.7. The minimum atomic E-state index is -3.44. The Labute approximate surface area is 344 Å². The summed E-state index contributed by atoms with van der Waals surface area (Å²) in [5, 5.41) is 0.0783. The molecule has 0 radical (unpaired) electrons. The second-order valence-electron chi connectivity index (χ2n) is 12.9. The quantitative estimate of drug-likeness (QED) is 0.241. The van der Waals surface area contributed by atoms with E-state index in [0.29, 0.717) is 113 Å². The highest BCUT2D eigenvalue weighted by Gasteiger charge is 2.50. The summed E-state index contributed by atoms with van der Waals surface area (Å²) in [7, 11) is -4.68. The number of piperidine rings is 1. The third-order valence-corrected chi connectivity index (χ3v) is 13.3. The van der Waals surface area contributed by atoms with Crippen LogP contribution in [-0.4, -0.2) is 148 Å². The molecule has 5 aliphatic heterocycles. The molecule has 2 atom stereocenters. The smallest absolute Gasteiger partial charge is 0.224 e. The van der Waals surface area contributed by atoms with E-state index in [1.54, 1.807) is 0 Å². The average molecular weight is 1030 g/mol. The number of anilines is 2. The second kappa shape index (κ2) is 19.4. The molecule has 0 spiro atoms. The van der Waals surface area contributed by atoms with Crippen molar-refractivity contribution in [3.8, 4) is 11.5 Å². The summed E-state index contributed by atoms with van der Waals surface area (Å²) in [6.45, 7) is 8.00. The Morgan fingerprint density at radius 2 is 1.27 bits per heavy atom. The summed E-state index contributed by atoms with van der Waals surface area (Å²) in [5.41, 5.74) is 0.723. The maximum absolute atomic E-state index is 12.9. The molecule has 0 saturated carbocycles. The van der Waals surface area contributed by atoms with Gasteiger partial charge in [-0.1, -0.05) is 52.1 Å². The average Bonchev–Trinajstić information content (AvgIpc) is 3.11. The second-order valence-corrected chi connectivity index (χ2v) is 19.1. The third kappa shape index (κ3) is 10.5. The summed E-state index contributed by atoms with van der Waals surface area (Å²) < 4.78 is 71.5. The zero-order valence-electron chi connectivity index (χ0n) is 30.0. The highest BCUT2D eigenvalue weighted by atomic mass is 127. The first-order valence-corrected chi connectivity index (χ1v) is 25.1. The van der Waals surface area contributed by atoms with Crippen molar-refractivity contribution < 1.29 is 35.8 Å². The van der Waals surface area contributed by atoms with Crippen LogP contribution in [0.4, 0.5) is 11.6 Å². The van der Waals surface area contributed by atoms with E-state index >= 15 is 0 Å². The van der Waals surface area contributed by atoms with E-state index in [9.17, 15) is 16.8 Å². The van der Waals surface area contributed by atoms with Gasteiger partial charge in [-0.15, -0.1) is 0 Å². The summed E-state index contributed by atoms with van der Waals surface area (Å²) in [6.07, 6.45) is 4.65. The number of ether oxygens (including phenoxy) is 4. The van der Waals surface area contributed by atoms with Crippen LogP contribution in [0.15, 0.2) is 0 Å². The number of hydrogen-bond acceptors (Lipinski definition) is 15. The van der Waals surface area contributed by atoms with Gasteiger partial charge in [-0.25, -0.2) is 26.8 Å². The molecule has 3 fully saturated rings. The molecule has 21 heteroatoms. The van der Waals surface area contributed by atoms with Gasteiger partial charge in [0.05, 0.1) is 44.3 Å². The Balaban J connectivity index is 0.000000207. The number of aromatic nitrogens is 4. The summed E-state index contributed by atoms with van der Waals surface area (Å²) >= 11 is 16.6. The highest BCUT2D eigenvalue weighted by molar-refractivity contribution is 14.1. The molecule has 5 aliphatic rings. The van der Waals surface area contributed by atoms with Crippen molar-refractivity contribution in [2.24, 2.45) is 0 Å². The maximum Gasteiger partial charge on any atom is 0.224 e. The Bertz CT molecular complexity index is 1740. The van der Waals surface area contributed by atoms with Crippen LogP contribution in [0.3, 0.4) is 0 Å². The number of halogens is 4. The first kappa shape index (κ1) is 43.9. The lowest BCUT2D eigenvalue weighted by molar-refractivity contribution is 0.0687. The zero-order valence-corrected chi connectivity index (χ0v) is 37.4. The standard InChI is InChI=1S/C16H23ClN4O4S.C11H14ClN3O4S.C3H7I.CH3I/c1-20-5-3-16(4-6-20,26(2,22)23)13-12-14(19-15(17)18-13)21-7-8-24-9-11(21)10-25-12;1-20(16,17)6-8-9-10(14-11(12)13-8)15-2-3-18-4-7(15)5-19-9;1-2-3-4;1-2/h11H,3-10H2,1-2H3;7H,2-6H2,1H3;2-3H2,1H3;1H3. The van der Waals surface area contributed by atoms with Crippen LogP contribution in [0.2, 0.25) is 10.6 Å². The molecule has 3 saturated heterocycles. The molecular formula is C31H47Cl2I2N7O8S2. The van der Waals surface area contributed by atoms with Crippen LogP contribution in [0.25, 0.3) is 0 Å². The predicted octanol–water partition coefficient (Wildman–Crippen LogP) is 3.85. The molecule has 15 nitrogen and oxygen atoms in total. The molecule has 2 aromatic rings. The normalized spacial score (nSPS) is 22.1. The largest absolute Gasteiger partial charge is 0.486 e. The fraction of sp³-hybridized carbons (Fsp3) is 0.742. The summed E-state index contributed by atoms with van der Waals surface area (Å²) in [6, 6.07) is 0.134. The predicted molar refractivity (Wildman–Crippen MR) is 220 cm³/mol. The number of hydrogen-bond donors (Lipinski definition) is 0. The van der Waals surface area contributed by atoms with Gasteiger partial charge >= 0.3 is 0 Å². The molecule has 0 N–H and O–H groups in total. The maximum atomic E-state index is 12.9. The molecular weight excluding hydrogens is 987 g/mol. The Hall–Kier alpha value is -0.820. The van der Waals surface area contributed by atoms with Gasteiger partial charge in [0.15, 0.2) is 42.8 Å². The zero-order chi connectivity index (χ0) is 38.3. The molecule has 0 bridgehead atoms. The van der Waals surface area contributed by atoms with Crippen molar-refractivity contribution in [2.75, 3.05) is 105 Å². The molecule has 0 amide bonds. The lowest BCUT2D eigenvalue weighted by Crippen LogP contribution is -2.52. The third-order valence-electron chi connectivity index (χ3n) is 9.07. The molecule has 2 unspecified atom stereocenters. The van der Waals surface area contributed by atoms with E-state index in [4.69, 9.17) is 42.1 Å². The molecule has 7 heterocycles. The van der Waals surface area contributed by atoms with Crippen molar-refractivity contribution in [3.63, 3.8) is 0 Å². The van der Waals surface area contributed by atoms with Crippen molar-refractivity contribution in [1.82, 2.24) is 24.8 Å². The van der Waals surface area contributed by atoms with Gasteiger partial charge < -0.3 is 33.6 Å². The van der Waals surface area contributed by atoms with Crippen LogP contribution in [0, 0.1) is 0 Å². The monoisotopic (exact) mass is 1030 g/mol. The van der Waals surface area contributed by atoms with Crippen LogP contribution in [-0.2, 0) is 39.6 Å². The van der Waals surface area contributed by atoms with Crippen molar-refractivity contribution in [1.29, 1.82) is 0 Å². The molecule has 0 aliphatic carbocycles. The van der Waals surface area contributed by atoms with Gasteiger partial charge in [0, 0.05) is 25.6 Å². The Morgan fingerprint density at radius 3 is 1.75 bits per heavy atom. The van der Waals surface area contributed by atoms with Crippen molar-refractivity contribution in [3.05, 3.63) is 22.0 Å². The fourth-order valence-electron chi connectivity index (χ4n) is 6.46. The molecule has 52 heavy (non-hydrogen) atoms. The van der Waals surface area contributed by atoms with E-state index in [2.05, 4.69) is 81.8 Å². The lowest BCUT2D eigenvalue weighted by atomic mass is 9.91. The SMILES string of the molecule is CCCI.CI.CN1CCC(c2nc(Cl)nc3c2OCC2COCCN32)(S(C)(=O)=O)CC1.CS(=O)(=O)Cc1nc(Cl)nc2c1OCC1COCCN21. The number of fused-ring (bicyclic) bond motifs is 6. The van der Waals surface area contributed by atoms with Crippen LogP contribution in [0.5, 0.6) is 11.5 Å². The molecule has 0 aromatic carbocycles. The van der Waals surface area contributed by atoms with Gasteiger partial charge in [0.25, 0.3) is 0 Å². The van der Waals surface area contributed by atoms with Crippen LogP contribution >= 0.6 is 68.4 Å². The molecule has 2 aromatic heterocycles. The first-order valence-electron chi connectivity index (χ1n) is 16.8. The molecule has 7 rings (SSSR count). The minimum absolute atomic E-state index is 0.0261. The number of likely N-dealkylation sites (tertiary alicyclic amines) is 1. The van der Waals surface area contributed by atoms with Crippen molar-refractivity contribution in [2.45, 2.75) is 48.8 Å². The topological polar surface area (TPSA) is 166 Å². The van der Waals surface area contributed by atoms with Gasteiger partial charge in [-0.3, -0.25) is 0 Å². The van der Waals surface area contributed by atoms with Crippen LogP contribution < -0.4 is 19.3 Å². The van der Waals surface area contributed by atoms with Gasteiger partial charge in [-0.05, 0) is 72.0 Å². The number of rotatable bonds is 5.